The lowest BCUT2D eigenvalue weighted by atomic mass is 10.1. The van der Waals surface area contributed by atoms with Gasteiger partial charge in [-0.15, -0.1) is 0 Å². The summed E-state index contributed by atoms with van der Waals surface area (Å²) in [6.07, 6.45) is 12.3. The van der Waals surface area contributed by atoms with Crippen LogP contribution in [0.15, 0.2) is 0 Å². The van der Waals surface area contributed by atoms with E-state index in [-0.39, 0.29) is 25.0 Å². The number of hydrogen-bond acceptors (Lipinski definition) is 4. The number of rotatable bonds is 22. The van der Waals surface area contributed by atoms with E-state index in [4.69, 9.17) is 0 Å². The summed E-state index contributed by atoms with van der Waals surface area (Å²) in [6.45, 7) is 7.67. The molecule has 7 heteroatoms. The molecule has 0 saturated carbocycles. The number of carbonyl (C=O) groups is 2. The van der Waals surface area contributed by atoms with E-state index >= 15 is 0 Å². The van der Waals surface area contributed by atoms with Crippen LogP contribution in [0.25, 0.3) is 0 Å². The van der Waals surface area contributed by atoms with Gasteiger partial charge in [0.15, 0.2) is 0 Å². The number of nitrogens with one attached hydrogen (secondary N) is 2. The summed E-state index contributed by atoms with van der Waals surface area (Å²) in [5, 5.41) is 25.1. The highest BCUT2D eigenvalue weighted by Crippen LogP contribution is 2.08. The molecule has 0 aromatic rings. The molecule has 0 heterocycles. The average molecular weight is 445 g/mol. The van der Waals surface area contributed by atoms with E-state index in [0.29, 0.717) is 56.6 Å². The molecule has 0 aromatic carbocycles. The van der Waals surface area contributed by atoms with Crippen molar-refractivity contribution in [2.75, 3.05) is 52.5 Å². The van der Waals surface area contributed by atoms with Crippen LogP contribution in [0.5, 0.6) is 0 Å². The zero-order valence-electron chi connectivity index (χ0n) is 20.3. The summed E-state index contributed by atoms with van der Waals surface area (Å²) in [4.78, 5) is 24.1. The topological polar surface area (TPSA) is 98.7 Å². The summed E-state index contributed by atoms with van der Waals surface area (Å²) >= 11 is 0. The van der Waals surface area contributed by atoms with Crippen molar-refractivity contribution >= 4 is 11.8 Å². The first kappa shape index (κ1) is 29.8. The second kappa shape index (κ2) is 20.7. The molecule has 0 aliphatic rings. The highest BCUT2D eigenvalue weighted by Gasteiger charge is 2.26. The molecule has 0 spiro atoms. The predicted octanol–water partition coefficient (Wildman–Crippen LogP) is 2.74. The quantitative estimate of drug-likeness (QED) is 0.152. The molecule has 0 rings (SSSR count). The fraction of sp³-hybridized carbons (Fsp3) is 0.917. The number of unbranched alkanes of at least 4 members (excludes halogenated alkanes) is 8. The van der Waals surface area contributed by atoms with Gasteiger partial charge in [-0.25, -0.2) is 0 Å². The minimum absolute atomic E-state index is 0.0107. The Bertz CT molecular complexity index is 407. The van der Waals surface area contributed by atoms with Crippen LogP contribution in [0.4, 0.5) is 0 Å². The molecule has 0 radical (unpaired) electrons. The molecule has 0 aliphatic heterocycles. The normalized spacial score (nSPS) is 11.5. The lowest BCUT2D eigenvalue weighted by Crippen LogP contribution is -2.57. The van der Waals surface area contributed by atoms with Crippen molar-refractivity contribution in [1.29, 1.82) is 0 Å². The molecule has 0 saturated heterocycles. The number of quaternary nitrogens is 1. The number of hydrogen-bond donors (Lipinski definition) is 4. The zero-order chi connectivity index (χ0) is 23.2. The van der Waals surface area contributed by atoms with E-state index < -0.39 is 0 Å². The molecule has 0 fully saturated rings. The van der Waals surface area contributed by atoms with E-state index in [1.807, 2.05) is 0 Å². The summed E-state index contributed by atoms with van der Waals surface area (Å²) in [6, 6.07) is 0. The number of carbonyl (C=O) groups excluding carboxylic acids is 2. The van der Waals surface area contributed by atoms with Gasteiger partial charge in [-0.3, -0.25) is 9.59 Å². The fourth-order valence-electron chi connectivity index (χ4n) is 3.92. The van der Waals surface area contributed by atoms with Gasteiger partial charge in [-0.05, 0) is 12.8 Å². The van der Waals surface area contributed by atoms with E-state index in [1.165, 1.54) is 38.5 Å². The third-order valence-electron chi connectivity index (χ3n) is 5.98. The van der Waals surface area contributed by atoms with Gasteiger partial charge in [-0.1, -0.05) is 65.2 Å². The van der Waals surface area contributed by atoms with Crippen LogP contribution in [0.3, 0.4) is 0 Å². The van der Waals surface area contributed by atoms with Gasteiger partial charge >= 0.3 is 0 Å². The molecule has 0 aromatic heterocycles. The number of aliphatic hydroxyl groups excluding tert-OH is 2. The van der Waals surface area contributed by atoms with Gasteiger partial charge in [0.05, 0.1) is 39.4 Å². The Kier molecular flexibility index (Phi) is 19.9. The van der Waals surface area contributed by atoms with Crippen molar-refractivity contribution in [2.45, 2.75) is 90.9 Å². The second-order valence-corrected chi connectivity index (χ2v) is 8.71. The summed E-state index contributed by atoms with van der Waals surface area (Å²) in [5.41, 5.74) is 0. The van der Waals surface area contributed by atoms with Gasteiger partial charge in [0, 0.05) is 12.8 Å². The molecule has 0 atom stereocenters. The van der Waals surface area contributed by atoms with Gasteiger partial charge < -0.3 is 25.3 Å². The average Bonchev–Trinajstić information content (AvgIpc) is 2.74. The van der Waals surface area contributed by atoms with Crippen LogP contribution in [0, 0.1) is 0 Å². The molecule has 184 valence electrons. The standard InChI is InChI=1S/C24H49N3O4/c1-3-5-7-9-11-13-23(30)25-15-17-27(19-21-28,20-22-29)18-16-26-24(31)14-12-10-8-6-4-2/h28-29H,3-22H2,1-2H3,(H-,25,26,30,31)/p+1. The molecule has 4 N–H and O–H groups in total. The third kappa shape index (κ3) is 17.1. The maximum Gasteiger partial charge on any atom is 0.220 e. The summed E-state index contributed by atoms with van der Waals surface area (Å²) in [5.74, 6) is 0.137. The van der Waals surface area contributed by atoms with Crippen molar-refractivity contribution in [2.24, 2.45) is 0 Å². The van der Waals surface area contributed by atoms with Gasteiger partial charge in [0.1, 0.15) is 13.1 Å². The van der Waals surface area contributed by atoms with Crippen LogP contribution in [0.1, 0.15) is 90.9 Å². The Labute approximate surface area is 190 Å². The van der Waals surface area contributed by atoms with Gasteiger partial charge in [0.2, 0.25) is 11.8 Å². The SMILES string of the molecule is CCCCCCCC(=O)NCC[N+](CCO)(CCO)CCNC(=O)CCCCCCC. The lowest BCUT2D eigenvalue weighted by molar-refractivity contribution is -0.926. The molecule has 31 heavy (non-hydrogen) atoms. The molecule has 0 bridgehead atoms. The molecule has 0 aliphatic carbocycles. The maximum absolute atomic E-state index is 12.1. The van der Waals surface area contributed by atoms with Crippen LogP contribution >= 0.6 is 0 Å². The highest BCUT2D eigenvalue weighted by atomic mass is 16.3. The second-order valence-electron chi connectivity index (χ2n) is 8.71. The minimum Gasteiger partial charge on any atom is -0.391 e. The third-order valence-corrected chi connectivity index (χ3v) is 5.98. The number of nitrogens with zero attached hydrogens (tertiary/aromatic N) is 1. The van der Waals surface area contributed by atoms with Crippen molar-refractivity contribution in [1.82, 2.24) is 10.6 Å². The van der Waals surface area contributed by atoms with Crippen molar-refractivity contribution in [3.63, 3.8) is 0 Å². The Morgan fingerprint density at radius 1 is 0.613 bits per heavy atom. The lowest BCUT2D eigenvalue weighted by Gasteiger charge is -2.38. The fourth-order valence-corrected chi connectivity index (χ4v) is 3.92. The van der Waals surface area contributed by atoms with E-state index in [2.05, 4.69) is 24.5 Å². The van der Waals surface area contributed by atoms with Crippen molar-refractivity contribution in [3.05, 3.63) is 0 Å². The largest absolute Gasteiger partial charge is 0.391 e. The molecular weight excluding hydrogens is 394 g/mol. The highest BCUT2D eigenvalue weighted by molar-refractivity contribution is 5.76. The Morgan fingerprint density at radius 2 is 1.00 bits per heavy atom. The smallest absolute Gasteiger partial charge is 0.220 e. The first-order valence-corrected chi connectivity index (χ1v) is 12.6. The Morgan fingerprint density at radius 3 is 1.35 bits per heavy atom. The van der Waals surface area contributed by atoms with Crippen LogP contribution in [-0.2, 0) is 9.59 Å². The van der Waals surface area contributed by atoms with E-state index in [0.717, 1.165) is 25.7 Å². The minimum atomic E-state index is 0.0107. The molecule has 0 unspecified atom stereocenters. The number of aliphatic hydroxyl groups is 2. The van der Waals surface area contributed by atoms with E-state index in [9.17, 15) is 19.8 Å². The van der Waals surface area contributed by atoms with Crippen molar-refractivity contribution in [3.8, 4) is 0 Å². The first-order chi connectivity index (χ1) is 15.0. The van der Waals surface area contributed by atoms with E-state index in [1.54, 1.807) is 0 Å². The summed E-state index contributed by atoms with van der Waals surface area (Å²) in [7, 11) is 0. The molecule has 2 amide bonds. The Hall–Kier alpha value is -1.18. The molecular formula is C24H50N3O4+. The van der Waals surface area contributed by atoms with Crippen LogP contribution in [-0.4, -0.2) is 79.0 Å². The Balaban J connectivity index is 4.30. The van der Waals surface area contributed by atoms with Crippen molar-refractivity contribution < 1.29 is 24.3 Å². The van der Waals surface area contributed by atoms with Gasteiger partial charge in [-0.2, -0.15) is 0 Å². The van der Waals surface area contributed by atoms with Gasteiger partial charge in [0.25, 0.3) is 0 Å². The summed E-state index contributed by atoms with van der Waals surface area (Å²) < 4.78 is 0.487. The first-order valence-electron chi connectivity index (χ1n) is 12.6. The predicted molar refractivity (Wildman–Crippen MR) is 127 cm³/mol. The zero-order valence-corrected chi connectivity index (χ0v) is 20.3. The number of amides is 2. The maximum atomic E-state index is 12.1. The van der Waals surface area contributed by atoms with Crippen LogP contribution < -0.4 is 10.6 Å². The monoisotopic (exact) mass is 444 g/mol. The van der Waals surface area contributed by atoms with Crippen LogP contribution in [0.2, 0.25) is 0 Å². The molecule has 7 nitrogen and oxygen atoms in total.